The molecule has 2 saturated heterocycles. The first-order valence-electron chi connectivity index (χ1n) is 7.95. The van der Waals surface area contributed by atoms with Gasteiger partial charge in [-0.1, -0.05) is 6.42 Å². The van der Waals surface area contributed by atoms with E-state index in [1.54, 1.807) is 0 Å². The summed E-state index contributed by atoms with van der Waals surface area (Å²) < 4.78 is 0. The SMILES string of the molecule is CNCc1cnccc1N1CCC(N2CCCCC2)C1. The molecular formula is C16H26N4. The van der Waals surface area contributed by atoms with E-state index in [4.69, 9.17) is 0 Å². The number of piperidine rings is 1. The molecule has 1 unspecified atom stereocenters. The van der Waals surface area contributed by atoms with E-state index in [9.17, 15) is 0 Å². The van der Waals surface area contributed by atoms with Gasteiger partial charge in [-0.2, -0.15) is 0 Å². The minimum Gasteiger partial charge on any atom is -0.370 e. The van der Waals surface area contributed by atoms with Crippen molar-refractivity contribution in [2.45, 2.75) is 38.3 Å². The fraction of sp³-hybridized carbons (Fsp3) is 0.688. The van der Waals surface area contributed by atoms with Gasteiger partial charge in [0.25, 0.3) is 0 Å². The first-order valence-corrected chi connectivity index (χ1v) is 7.95. The van der Waals surface area contributed by atoms with Crippen LogP contribution in [0.1, 0.15) is 31.2 Å². The molecule has 3 rings (SSSR count). The Kier molecular flexibility index (Phi) is 4.53. The summed E-state index contributed by atoms with van der Waals surface area (Å²) in [6.45, 7) is 5.87. The smallest absolute Gasteiger partial charge is 0.0443 e. The summed E-state index contributed by atoms with van der Waals surface area (Å²) in [5, 5.41) is 3.25. The number of pyridine rings is 1. The van der Waals surface area contributed by atoms with Crippen LogP contribution in [-0.4, -0.2) is 49.2 Å². The van der Waals surface area contributed by atoms with Crippen LogP contribution >= 0.6 is 0 Å². The van der Waals surface area contributed by atoms with Crippen LogP contribution in [0.5, 0.6) is 0 Å². The second kappa shape index (κ2) is 6.55. The van der Waals surface area contributed by atoms with Crippen LogP contribution in [0.25, 0.3) is 0 Å². The Hall–Kier alpha value is -1.13. The Morgan fingerprint density at radius 2 is 2.10 bits per heavy atom. The van der Waals surface area contributed by atoms with Crippen molar-refractivity contribution < 1.29 is 0 Å². The average molecular weight is 274 g/mol. The lowest BCUT2D eigenvalue weighted by Gasteiger charge is -2.32. The molecule has 2 aliphatic heterocycles. The standard InChI is InChI=1S/C16H26N4/c1-17-11-14-12-18-7-5-16(14)20-10-6-15(13-20)19-8-3-2-4-9-19/h5,7,12,15,17H,2-4,6,8-11,13H2,1H3. The largest absolute Gasteiger partial charge is 0.370 e. The molecular weight excluding hydrogens is 248 g/mol. The molecule has 1 atom stereocenters. The monoisotopic (exact) mass is 274 g/mol. The Balaban J connectivity index is 1.67. The molecule has 0 aromatic carbocycles. The number of hydrogen-bond acceptors (Lipinski definition) is 4. The first-order chi connectivity index (χ1) is 9.88. The highest BCUT2D eigenvalue weighted by Crippen LogP contribution is 2.27. The molecule has 0 aliphatic carbocycles. The Morgan fingerprint density at radius 1 is 1.25 bits per heavy atom. The zero-order chi connectivity index (χ0) is 13.8. The van der Waals surface area contributed by atoms with E-state index in [1.165, 1.54) is 63.1 Å². The minimum absolute atomic E-state index is 0.755. The summed E-state index contributed by atoms with van der Waals surface area (Å²) in [4.78, 5) is 9.53. The molecule has 3 heterocycles. The number of hydrogen-bond donors (Lipinski definition) is 1. The molecule has 0 amide bonds. The van der Waals surface area contributed by atoms with Gasteiger partial charge in [0.15, 0.2) is 0 Å². The van der Waals surface area contributed by atoms with Crippen LogP contribution in [0.2, 0.25) is 0 Å². The average Bonchev–Trinajstić information content (AvgIpc) is 2.99. The zero-order valence-corrected chi connectivity index (χ0v) is 12.5. The maximum absolute atomic E-state index is 4.27. The van der Waals surface area contributed by atoms with Gasteiger partial charge in [-0.15, -0.1) is 0 Å². The van der Waals surface area contributed by atoms with Crippen molar-refractivity contribution >= 4 is 5.69 Å². The summed E-state index contributed by atoms with van der Waals surface area (Å²) in [6, 6.07) is 2.93. The van der Waals surface area contributed by atoms with Gasteiger partial charge >= 0.3 is 0 Å². The van der Waals surface area contributed by atoms with E-state index in [0.29, 0.717) is 0 Å². The number of likely N-dealkylation sites (tertiary alicyclic amines) is 1. The molecule has 0 spiro atoms. The Labute approximate surface area is 122 Å². The van der Waals surface area contributed by atoms with Crippen LogP contribution in [0.15, 0.2) is 18.5 Å². The van der Waals surface area contributed by atoms with Crippen molar-refractivity contribution in [1.29, 1.82) is 0 Å². The molecule has 1 aromatic rings. The van der Waals surface area contributed by atoms with E-state index in [2.05, 4.69) is 26.2 Å². The summed E-state index contributed by atoms with van der Waals surface area (Å²) in [5.41, 5.74) is 2.68. The Bertz CT molecular complexity index is 428. The lowest BCUT2D eigenvalue weighted by Crippen LogP contribution is -2.41. The third kappa shape index (κ3) is 2.96. The minimum atomic E-state index is 0.755. The summed E-state index contributed by atoms with van der Waals surface area (Å²) in [6.07, 6.45) is 9.42. The van der Waals surface area contributed by atoms with Crippen LogP contribution < -0.4 is 10.2 Å². The quantitative estimate of drug-likeness (QED) is 0.908. The molecule has 1 N–H and O–H groups in total. The highest BCUT2D eigenvalue weighted by molar-refractivity contribution is 5.53. The molecule has 20 heavy (non-hydrogen) atoms. The van der Waals surface area contributed by atoms with Gasteiger partial charge in [-0.05, 0) is 45.5 Å². The van der Waals surface area contributed by atoms with Gasteiger partial charge < -0.3 is 10.2 Å². The highest BCUT2D eigenvalue weighted by atomic mass is 15.3. The molecule has 110 valence electrons. The Morgan fingerprint density at radius 3 is 2.90 bits per heavy atom. The predicted molar refractivity (Wildman–Crippen MR) is 83.0 cm³/mol. The van der Waals surface area contributed by atoms with Crippen molar-refractivity contribution in [2.75, 3.05) is 38.1 Å². The second-order valence-electron chi connectivity index (χ2n) is 6.02. The molecule has 2 aliphatic rings. The van der Waals surface area contributed by atoms with Gasteiger partial charge in [0, 0.05) is 49.3 Å². The molecule has 1 aromatic heterocycles. The van der Waals surface area contributed by atoms with Crippen molar-refractivity contribution in [3.8, 4) is 0 Å². The fourth-order valence-electron chi connectivity index (χ4n) is 3.60. The molecule has 0 radical (unpaired) electrons. The zero-order valence-electron chi connectivity index (χ0n) is 12.5. The van der Waals surface area contributed by atoms with E-state index >= 15 is 0 Å². The van der Waals surface area contributed by atoms with Gasteiger partial charge in [0.2, 0.25) is 0 Å². The molecule has 0 bridgehead atoms. The third-order valence-corrected chi connectivity index (χ3v) is 4.66. The van der Waals surface area contributed by atoms with Crippen LogP contribution in [0.3, 0.4) is 0 Å². The highest BCUT2D eigenvalue weighted by Gasteiger charge is 2.29. The van der Waals surface area contributed by atoms with Crippen LogP contribution in [-0.2, 0) is 6.54 Å². The third-order valence-electron chi connectivity index (χ3n) is 4.66. The summed E-state index contributed by atoms with van der Waals surface area (Å²) in [5.74, 6) is 0. The van der Waals surface area contributed by atoms with Gasteiger partial charge in [-0.3, -0.25) is 9.88 Å². The number of anilines is 1. The molecule has 0 saturated carbocycles. The first kappa shape index (κ1) is 13.8. The van der Waals surface area contributed by atoms with Crippen molar-refractivity contribution in [3.63, 3.8) is 0 Å². The van der Waals surface area contributed by atoms with Gasteiger partial charge in [0.1, 0.15) is 0 Å². The second-order valence-corrected chi connectivity index (χ2v) is 6.02. The van der Waals surface area contributed by atoms with E-state index in [1.807, 2.05) is 19.4 Å². The van der Waals surface area contributed by atoms with Crippen LogP contribution in [0.4, 0.5) is 5.69 Å². The lowest BCUT2D eigenvalue weighted by molar-refractivity contribution is 0.175. The van der Waals surface area contributed by atoms with Crippen molar-refractivity contribution in [2.24, 2.45) is 0 Å². The lowest BCUT2D eigenvalue weighted by atomic mass is 10.1. The van der Waals surface area contributed by atoms with Crippen molar-refractivity contribution in [3.05, 3.63) is 24.0 Å². The number of aromatic nitrogens is 1. The predicted octanol–water partition coefficient (Wildman–Crippen LogP) is 1.87. The van der Waals surface area contributed by atoms with E-state index in [-0.39, 0.29) is 0 Å². The van der Waals surface area contributed by atoms with Crippen LogP contribution in [0, 0.1) is 0 Å². The normalized spacial score (nSPS) is 24.2. The van der Waals surface area contributed by atoms with Gasteiger partial charge in [0.05, 0.1) is 0 Å². The van der Waals surface area contributed by atoms with Gasteiger partial charge in [-0.25, -0.2) is 0 Å². The maximum Gasteiger partial charge on any atom is 0.0443 e. The molecule has 2 fully saturated rings. The fourth-order valence-corrected chi connectivity index (χ4v) is 3.60. The van der Waals surface area contributed by atoms with E-state index in [0.717, 1.165) is 12.6 Å². The molecule has 4 nitrogen and oxygen atoms in total. The van der Waals surface area contributed by atoms with Crippen molar-refractivity contribution in [1.82, 2.24) is 15.2 Å². The number of nitrogens with one attached hydrogen (secondary N) is 1. The number of rotatable bonds is 4. The summed E-state index contributed by atoms with van der Waals surface area (Å²) >= 11 is 0. The number of nitrogens with zero attached hydrogens (tertiary/aromatic N) is 3. The summed E-state index contributed by atoms with van der Waals surface area (Å²) in [7, 11) is 2.00. The maximum atomic E-state index is 4.27. The van der Waals surface area contributed by atoms with E-state index < -0.39 is 0 Å². The topological polar surface area (TPSA) is 31.4 Å². The molecule has 4 heteroatoms.